The number of rotatable bonds is 4. The van der Waals surface area contributed by atoms with E-state index in [0.717, 1.165) is 13.0 Å². The van der Waals surface area contributed by atoms with Crippen LogP contribution in [-0.4, -0.2) is 9.78 Å². The van der Waals surface area contributed by atoms with Gasteiger partial charge in [-0.2, -0.15) is 5.10 Å². The Bertz CT molecular complexity index is 266. The number of nitrogens with zero attached hydrogens (tertiary/aromatic N) is 2. The minimum absolute atomic E-state index is 0.204. The van der Waals surface area contributed by atoms with Gasteiger partial charge in [0, 0.05) is 6.54 Å². The quantitative estimate of drug-likeness (QED) is 0.703. The molecule has 0 aromatic carbocycles. The van der Waals surface area contributed by atoms with E-state index in [1.807, 2.05) is 0 Å². The van der Waals surface area contributed by atoms with E-state index < -0.39 is 0 Å². The lowest BCUT2D eigenvalue weighted by atomic mass is 10.1. The molecule has 3 heteroatoms. The minimum Gasteiger partial charge on any atom is -0.267 e. The van der Waals surface area contributed by atoms with Crippen LogP contribution in [0.3, 0.4) is 0 Å². The van der Waals surface area contributed by atoms with Crippen LogP contribution in [0.4, 0.5) is 4.39 Å². The van der Waals surface area contributed by atoms with E-state index in [0.29, 0.717) is 11.6 Å². The molecule has 0 N–H and O–H groups in total. The molecule has 0 aliphatic heterocycles. The fourth-order valence-electron chi connectivity index (χ4n) is 1.30. The molecule has 0 bridgehead atoms. The summed E-state index contributed by atoms with van der Waals surface area (Å²) in [6.07, 6.45) is 3.52. The second-order valence-corrected chi connectivity index (χ2v) is 3.84. The summed E-state index contributed by atoms with van der Waals surface area (Å²) in [5.74, 6) is 0.505. The first-order valence-corrected chi connectivity index (χ1v) is 4.79. The first kappa shape index (κ1) is 10.2. The molecule has 0 fully saturated rings. The molecule has 1 rings (SSSR count). The molecule has 2 nitrogen and oxygen atoms in total. The van der Waals surface area contributed by atoms with Crippen molar-refractivity contribution < 1.29 is 4.39 Å². The number of hydrogen-bond acceptors (Lipinski definition) is 1. The van der Waals surface area contributed by atoms with Gasteiger partial charge in [0.15, 0.2) is 5.82 Å². The fraction of sp³-hybridized carbons (Fsp3) is 0.700. The lowest BCUT2D eigenvalue weighted by Gasteiger charge is -2.05. The second kappa shape index (κ2) is 4.40. The van der Waals surface area contributed by atoms with Crippen molar-refractivity contribution in [2.24, 2.45) is 5.92 Å². The van der Waals surface area contributed by atoms with E-state index in [2.05, 4.69) is 18.9 Å². The molecule has 0 unspecified atom stereocenters. The normalized spacial score (nSPS) is 11.2. The van der Waals surface area contributed by atoms with Gasteiger partial charge >= 0.3 is 0 Å². The molecular weight excluding hydrogens is 167 g/mol. The molecule has 0 radical (unpaired) electrons. The number of aryl methyl sites for hydroxylation is 1. The van der Waals surface area contributed by atoms with Crippen LogP contribution in [0.1, 0.15) is 32.4 Å². The highest BCUT2D eigenvalue weighted by atomic mass is 19.1. The topological polar surface area (TPSA) is 17.8 Å². The Balaban J connectivity index is 2.41. The van der Waals surface area contributed by atoms with Gasteiger partial charge in [-0.05, 0) is 25.7 Å². The third kappa shape index (κ3) is 2.83. The summed E-state index contributed by atoms with van der Waals surface area (Å²) < 4.78 is 14.6. The zero-order valence-corrected chi connectivity index (χ0v) is 8.55. The molecule has 0 amide bonds. The van der Waals surface area contributed by atoms with Crippen LogP contribution in [0, 0.1) is 18.7 Å². The van der Waals surface area contributed by atoms with Crippen molar-refractivity contribution in [1.29, 1.82) is 0 Å². The van der Waals surface area contributed by atoms with Crippen molar-refractivity contribution in [2.75, 3.05) is 0 Å². The van der Waals surface area contributed by atoms with Gasteiger partial charge in [-0.3, -0.25) is 4.68 Å². The highest BCUT2D eigenvalue weighted by molar-refractivity contribution is 5.00. The van der Waals surface area contributed by atoms with Crippen molar-refractivity contribution in [3.8, 4) is 0 Å². The van der Waals surface area contributed by atoms with Gasteiger partial charge in [-0.25, -0.2) is 4.39 Å². The Morgan fingerprint density at radius 3 is 2.69 bits per heavy atom. The van der Waals surface area contributed by atoms with Crippen molar-refractivity contribution in [2.45, 2.75) is 40.2 Å². The highest BCUT2D eigenvalue weighted by Gasteiger charge is 2.04. The van der Waals surface area contributed by atoms with Crippen LogP contribution in [-0.2, 0) is 6.54 Å². The van der Waals surface area contributed by atoms with Crippen molar-refractivity contribution in [3.05, 3.63) is 17.7 Å². The van der Waals surface area contributed by atoms with Crippen molar-refractivity contribution >= 4 is 0 Å². The SMILES string of the molecule is Cc1c(F)cnn1CCCC(C)C. The Hall–Kier alpha value is -0.860. The molecule has 0 spiro atoms. The number of hydrogen-bond donors (Lipinski definition) is 0. The van der Waals surface area contributed by atoms with E-state index in [1.165, 1.54) is 12.6 Å². The standard InChI is InChI=1S/C10H17FN2/c1-8(2)5-4-6-13-9(3)10(11)7-12-13/h7-8H,4-6H2,1-3H3. The van der Waals surface area contributed by atoms with E-state index in [9.17, 15) is 4.39 Å². The summed E-state index contributed by atoms with van der Waals surface area (Å²) in [6.45, 7) is 6.97. The average molecular weight is 184 g/mol. The van der Waals surface area contributed by atoms with Crippen LogP contribution in [0.15, 0.2) is 6.20 Å². The maximum atomic E-state index is 12.8. The smallest absolute Gasteiger partial charge is 0.163 e. The summed E-state index contributed by atoms with van der Waals surface area (Å²) >= 11 is 0. The maximum absolute atomic E-state index is 12.8. The molecule has 0 saturated heterocycles. The fourth-order valence-corrected chi connectivity index (χ4v) is 1.30. The van der Waals surface area contributed by atoms with Gasteiger partial charge in [-0.1, -0.05) is 13.8 Å². The summed E-state index contributed by atoms with van der Waals surface area (Å²) in [5.41, 5.74) is 0.642. The highest BCUT2D eigenvalue weighted by Crippen LogP contribution is 2.08. The summed E-state index contributed by atoms with van der Waals surface area (Å²) in [5, 5.41) is 3.95. The molecule has 0 aliphatic rings. The monoisotopic (exact) mass is 184 g/mol. The third-order valence-electron chi connectivity index (χ3n) is 2.19. The predicted molar refractivity (Wildman–Crippen MR) is 51.0 cm³/mol. The molecule has 1 aromatic rings. The van der Waals surface area contributed by atoms with Crippen LogP contribution in [0.2, 0.25) is 0 Å². The molecule has 74 valence electrons. The van der Waals surface area contributed by atoms with E-state index in [1.54, 1.807) is 11.6 Å². The lowest BCUT2D eigenvalue weighted by molar-refractivity contribution is 0.481. The largest absolute Gasteiger partial charge is 0.267 e. The Kier molecular flexibility index (Phi) is 3.46. The first-order valence-electron chi connectivity index (χ1n) is 4.79. The average Bonchev–Trinajstić information content (AvgIpc) is 2.35. The first-order chi connectivity index (χ1) is 6.11. The van der Waals surface area contributed by atoms with Gasteiger partial charge in [0.2, 0.25) is 0 Å². The van der Waals surface area contributed by atoms with Crippen LogP contribution >= 0.6 is 0 Å². The molecule has 1 heterocycles. The van der Waals surface area contributed by atoms with E-state index in [-0.39, 0.29) is 5.82 Å². The zero-order valence-electron chi connectivity index (χ0n) is 8.55. The maximum Gasteiger partial charge on any atom is 0.163 e. The van der Waals surface area contributed by atoms with Crippen LogP contribution in [0.25, 0.3) is 0 Å². The summed E-state index contributed by atoms with van der Waals surface area (Å²) in [6, 6.07) is 0. The molecule has 0 aliphatic carbocycles. The summed E-state index contributed by atoms with van der Waals surface area (Å²) in [4.78, 5) is 0. The minimum atomic E-state index is -0.204. The van der Waals surface area contributed by atoms with Gasteiger partial charge in [0.25, 0.3) is 0 Å². The van der Waals surface area contributed by atoms with E-state index in [4.69, 9.17) is 0 Å². The van der Waals surface area contributed by atoms with Gasteiger partial charge < -0.3 is 0 Å². The van der Waals surface area contributed by atoms with Gasteiger partial charge in [-0.15, -0.1) is 0 Å². The molecule has 1 aromatic heterocycles. The number of halogens is 1. The molecule has 13 heavy (non-hydrogen) atoms. The molecule has 0 saturated carbocycles. The summed E-state index contributed by atoms with van der Waals surface area (Å²) in [7, 11) is 0. The second-order valence-electron chi connectivity index (χ2n) is 3.84. The van der Waals surface area contributed by atoms with Crippen LogP contribution in [0.5, 0.6) is 0 Å². The molecular formula is C10H17FN2. The molecule has 0 atom stereocenters. The Labute approximate surface area is 78.8 Å². The lowest BCUT2D eigenvalue weighted by Crippen LogP contribution is -2.03. The number of aromatic nitrogens is 2. The zero-order chi connectivity index (χ0) is 9.84. The van der Waals surface area contributed by atoms with Gasteiger partial charge in [0.1, 0.15) is 0 Å². The van der Waals surface area contributed by atoms with Gasteiger partial charge in [0.05, 0.1) is 11.9 Å². The van der Waals surface area contributed by atoms with Crippen LogP contribution < -0.4 is 0 Å². The van der Waals surface area contributed by atoms with Crippen molar-refractivity contribution in [3.63, 3.8) is 0 Å². The third-order valence-corrected chi connectivity index (χ3v) is 2.19. The van der Waals surface area contributed by atoms with E-state index >= 15 is 0 Å². The Morgan fingerprint density at radius 1 is 1.54 bits per heavy atom. The predicted octanol–water partition coefficient (Wildman–Crippen LogP) is 2.77. The Morgan fingerprint density at radius 2 is 2.23 bits per heavy atom. The van der Waals surface area contributed by atoms with Crippen molar-refractivity contribution in [1.82, 2.24) is 9.78 Å².